The summed E-state index contributed by atoms with van der Waals surface area (Å²) in [6.45, 7) is 3.08. The highest BCUT2D eigenvalue weighted by molar-refractivity contribution is 5.34. The van der Waals surface area contributed by atoms with Crippen LogP contribution in [0.4, 0.5) is 0 Å². The number of fused-ring (bicyclic) bond motifs is 1. The van der Waals surface area contributed by atoms with E-state index in [0.29, 0.717) is 12.0 Å². The van der Waals surface area contributed by atoms with Crippen molar-refractivity contribution in [3.05, 3.63) is 53.4 Å². The Morgan fingerprint density at radius 2 is 2.06 bits per heavy atom. The van der Waals surface area contributed by atoms with Gasteiger partial charge in [-0.1, -0.05) is 36.3 Å². The van der Waals surface area contributed by atoms with Gasteiger partial charge in [0.1, 0.15) is 6.26 Å². The van der Waals surface area contributed by atoms with E-state index in [-0.39, 0.29) is 0 Å². The average molecular weight is 242 g/mol. The molecule has 1 aliphatic carbocycles. The molecule has 0 amide bonds. The molecule has 0 aliphatic heterocycles. The number of benzene rings is 1. The predicted molar refractivity (Wildman–Crippen MR) is 70.2 cm³/mol. The highest BCUT2D eigenvalue weighted by atomic mass is 16.5. The molecule has 0 saturated heterocycles. The number of aromatic nitrogens is 1. The van der Waals surface area contributed by atoms with Crippen LogP contribution in [0.15, 0.2) is 41.1 Å². The molecule has 0 bridgehead atoms. The molecule has 18 heavy (non-hydrogen) atoms. The molecular formula is C15H18N2O. The molecule has 2 aromatic rings. The van der Waals surface area contributed by atoms with Crippen LogP contribution in [0.3, 0.4) is 0 Å². The fourth-order valence-electron chi connectivity index (χ4n) is 2.77. The fraction of sp³-hybridized carbons (Fsp3) is 0.400. The van der Waals surface area contributed by atoms with Gasteiger partial charge in [-0.05, 0) is 29.9 Å². The largest absolute Gasteiger partial charge is 0.364 e. The Morgan fingerprint density at radius 3 is 2.83 bits per heavy atom. The van der Waals surface area contributed by atoms with Crippen LogP contribution in [0.2, 0.25) is 0 Å². The van der Waals surface area contributed by atoms with Gasteiger partial charge in [0.15, 0.2) is 0 Å². The van der Waals surface area contributed by atoms with Gasteiger partial charge in [-0.3, -0.25) is 0 Å². The van der Waals surface area contributed by atoms with Gasteiger partial charge in [-0.2, -0.15) is 0 Å². The minimum atomic E-state index is 0.439. The number of nitrogens with one attached hydrogen (secondary N) is 1. The van der Waals surface area contributed by atoms with Crippen LogP contribution in [-0.4, -0.2) is 5.16 Å². The second kappa shape index (κ2) is 4.94. The topological polar surface area (TPSA) is 38.1 Å². The summed E-state index contributed by atoms with van der Waals surface area (Å²) in [7, 11) is 0. The molecule has 0 spiro atoms. The Labute approximate surface area is 107 Å². The third-order valence-corrected chi connectivity index (χ3v) is 3.81. The Bertz CT molecular complexity index is 507. The first-order valence-corrected chi connectivity index (χ1v) is 6.56. The summed E-state index contributed by atoms with van der Waals surface area (Å²) in [4.78, 5) is 0. The van der Waals surface area contributed by atoms with E-state index >= 15 is 0 Å². The predicted octanol–water partition coefficient (Wildman–Crippen LogP) is 3.40. The van der Waals surface area contributed by atoms with Crippen LogP contribution in [0, 0.1) is 0 Å². The molecule has 3 nitrogen and oxygen atoms in total. The molecule has 0 radical (unpaired) electrons. The van der Waals surface area contributed by atoms with Gasteiger partial charge in [0.25, 0.3) is 0 Å². The van der Waals surface area contributed by atoms with E-state index in [9.17, 15) is 0 Å². The first-order valence-electron chi connectivity index (χ1n) is 6.56. The zero-order chi connectivity index (χ0) is 12.4. The molecule has 0 fully saturated rings. The number of hydrogen-bond acceptors (Lipinski definition) is 3. The summed E-state index contributed by atoms with van der Waals surface area (Å²) in [6.07, 6.45) is 4.05. The van der Waals surface area contributed by atoms with Gasteiger partial charge in [0.2, 0.25) is 0 Å². The molecular weight excluding hydrogens is 224 g/mol. The maximum Gasteiger partial charge on any atom is 0.124 e. The van der Waals surface area contributed by atoms with Gasteiger partial charge in [0, 0.05) is 18.7 Å². The van der Waals surface area contributed by atoms with Crippen molar-refractivity contribution in [3.63, 3.8) is 0 Å². The van der Waals surface area contributed by atoms with Gasteiger partial charge >= 0.3 is 0 Å². The SMILES string of the molecule is CC1CCC(NCc2ccon2)c2ccccc21. The third-order valence-electron chi connectivity index (χ3n) is 3.81. The Kier molecular flexibility index (Phi) is 3.15. The molecule has 1 heterocycles. The summed E-state index contributed by atoms with van der Waals surface area (Å²) in [5, 5.41) is 7.51. The van der Waals surface area contributed by atoms with E-state index in [1.165, 1.54) is 24.0 Å². The summed E-state index contributed by atoms with van der Waals surface area (Å²) in [5.74, 6) is 0.673. The fourth-order valence-corrected chi connectivity index (χ4v) is 2.77. The highest BCUT2D eigenvalue weighted by Gasteiger charge is 2.23. The van der Waals surface area contributed by atoms with Crippen molar-refractivity contribution >= 4 is 0 Å². The van der Waals surface area contributed by atoms with E-state index in [4.69, 9.17) is 4.52 Å². The lowest BCUT2D eigenvalue weighted by Crippen LogP contribution is -2.26. The molecule has 1 aliphatic rings. The van der Waals surface area contributed by atoms with Crippen molar-refractivity contribution in [3.8, 4) is 0 Å². The molecule has 1 N–H and O–H groups in total. The Hall–Kier alpha value is -1.61. The van der Waals surface area contributed by atoms with Crippen molar-refractivity contribution in [1.29, 1.82) is 0 Å². The molecule has 3 heteroatoms. The quantitative estimate of drug-likeness (QED) is 0.896. The van der Waals surface area contributed by atoms with Crippen molar-refractivity contribution in [2.24, 2.45) is 0 Å². The summed E-state index contributed by atoms with van der Waals surface area (Å²) in [6, 6.07) is 11.1. The summed E-state index contributed by atoms with van der Waals surface area (Å²) in [5.41, 5.74) is 3.90. The van der Waals surface area contributed by atoms with Crippen LogP contribution < -0.4 is 5.32 Å². The second-order valence-corrected chi connectivity index (χ2v) is 5.03. The standard InChI is InChI=1S/C15H18N2O/c1-11-6-7-15(14-5-3-2-4-13(11)14)16-10-12-8-9-18-17-12/h2-5,8-9,11,15-16H,6-7,10H2,1H3. The lowest BCUT2D eigenvalue weighted by atomic mass is 9.81. The van der Waals surface area contributed by atoms with Crippen molar-refractivity contribution in [2.45, 2.75) is 38.3 Å². The highest BCUT2D eigenvalue weighted by Crippen LogP contribution is 2.36. The van der Waals surface area contributed by atoms with Gasteiger partial charge in [-0.25, -0.2) is 0 Å². The number of rotatable bonds is 3. The zero-order valence-corrected chi connectivity index (χ0v) is 10.6. The van der Waals surface area contributed by atoms with Crippen LogP contribution in [0.25, 0.3) is 0 Å². The van der Waals surface area contributed by atoms with Crippen LogP contribution in [0.1, 0.15) is 48.5 Å². The van der Waals surface area contributed by atoms with E-state index in [1.54, 1.807) is 6.26 Å². The molecule has 0 saturated carbocycles. The van der Waals surface area contributed by atoms with Crippen LogP contribution in [-0.2, 0) is 6.54 Å². The van der Waals surface area contributed by atoms with Crippen molar-refractivity contribution < 1.29 is 4.52 Å². The maximum absolute atomic E-state index is 4.85. The summed E-state index contributed by atoms with van der Waals surface area (Å²) < 4.78 is 4.85. The minimum Gasteiger partial charge on any atom is -0.364 e. The lowest BCUT2D eigenvalue weighted by molar-refractivity contribution is 0.394. The number of hydrogen-bond donors (Lipinski definition) is 1. The second-order valence-electron chi connectivity index (χ2n) is 5.03. The van der Waals surface area contributed by atoms with E-state index < -0.39 is 0 Å². The molecule has 2 atom stereocenters. The zero-order valence-electron chi connectivity index (χ0n) is 10.6. The van der Waals surface area contributed by atoms with Gasteiger partial charge in [0.05, 0.1) is 5.69 Å². The molecule has 2 unspecified atom stereocenters. The summed E-state index contributed by atoms with van der Waals surface area (Å²) >= 11 is 0. The minimum absolute atomic E-state index is 0.439. The van der Waals surface area contributed by atoms with E-state index in [1.807, 2.05) is 6.07 Å². The average Bonchev–Trinajstić information content (AvgIpc) is 2.92. The van der Waals surface area contributed by atoms with Crippen LogP contribution >= 0.6 is 0 Å². The molecule has 1 aromatic carbocycles. The van der Waals surface area contributed by atoms with E-state index in [2.05, 4.69) is 41.7 Å². The number of nitrogens with zero attached hydrogens (tertiary/aromatic N) is 1. The lowest BCUT2D eigenvalue weighted by Gasteiger charge is -2.30. The first kappa shape index (κ1) is 11.5. The Balaban J connectivity index is 1.76. The van der Waals surface area contributed by atoms with E-state index in [0.717, 1.165) is 12.2 Å². The third kappa shape index (κ3) is 2.18. The van der Waals surface area contributed by atoms with Gasteiger partial charge < -0.3 is 9.84 Å². The maximum atomic E-state index is 4.85. The molecule has 94 valence electrons. The monoisotopic (exact) mass is 242 g/mol. The van der Waals surface area contributed by atoms with Crippen molar-refractivity contribution in [1.82, 2.24) is 10.5 Å². The first-order chi connectivity index (χ1) is 8.84. The Morgan fingerprint density at radius 1 is 1.22 bits per heavy atom. The van der Waals surface area contributed by atoms with Crippen molar-refractivity contribution in [2.75, 3.05) is 0 Å². The van der Waals surface area contributed by atoms with Gasteiger partial charge in [-0.15, -0.1) is 0 Å². The van der Waals surface area contributed by atoms with Crippen LogP contribution in [0.5, 0.6) is 0 Å². The molecule has 3 rings (SSSR count). The molecule has 1 aromatic heterocycles. The smallest absolute Gasteiger partial charge is 0.124 e. The normalized spacial score (nSPS) is 22.7.